The van der Waals surface area contributed by atoms with E-state index in [2.05, 4.69) is 9.80 Å². The first-order valence-corrected chi connectivity index (χ1v) is 9.00. The van der Waals surface area contributed by atoms with E-state index >= 15 is 0 Å². The van der Waals surface area contributed by atoms with Gasteiger partial charge in [0.2, 0.25) is 11.8 Å². The molecule has 0 aromatic carbocycles. The second kappa shape index (κ2) is 5.93. The lowest BCUT2D eigenvalue weighted by Crippen LogP contribution is -2.53. The molecule has 2 bridgehead atoms. The van der Waals surface area contributed by atoms with Gasteiger partial charge < -0.3 is 0 Å². The fraction of sp³-hybridized carbons (Fsp3) is 0.882. The molecule has 2 saturated heterocycles. The minimum Gasteiger partial charge on any atom is -0.299 e. The van der Waals surface area contributed by atoms with Crippen molar-refractivity contribution in [2.24, 2.45) is 11.8 Å². The Morgan fingerprint density at radius 1 is 0.864 bits per heavy atom. The van der Waals surface area contributed by atoms with Crippen LogP contribution in [0.25, 0.3) is 0 Å². The molecule has 22 heavy (non-hydrogen) atoms. The minimum atomic E-state index is 0.0191. The normalized spacial score (nSPS) is 36.7. The van der Waals surface area contributed by atoms with Crippen LogP contribution in [-0.4, -0.2) is 71.8 Å². The fourth-order valence-corrected chi connectivity index (χ4v) is 5.09. The van der Waals surface area contributed by atoms with E-state index < -0.39 is 0 Å². The third kappa shape index (κ3) is 2.69. The summed E-state index contributed by atoms with van der Waals surface area (Å²) >= 11 is 0. The number of hydrogen-bond donors (Lipinski definition) is 0. The topological polar surface area (TPSA) is 43.9 Å². The molecule has 2 aliphatic carbocycles. The Morgan fingerprint density at radius 2 is 1.59 bits per heavy atom. The molecule has 0 radical (unpaired) electrons. The van der Waals surface area contributed by atoms with Crippen molar-refractivity contribution in [1.29, 1.82) is 0 Å². The van der Waals surface area contributed by atoms with E-state index in [1.54, 1.807) is 0 Å². The zero-order chi connectivity index (χ0) is 15.1. The molecule has 5 heteroatoms. The standard InChI is InChI=1S/C17H27N3O2/c21-16-3-4-17(22)20(16)10-7-18-5-8-19(9-6-18)15-12-13-1-2-14(15)11-13/h13-15H,1-12H2/t13-,14-,15+/m0/s1. The fourth-order valence-electron chi connectivity index (χ4n) is 5.09. The monoisotopic (exact) mass is 305 g/mol. The lowest BCUT2D eigenvalue weighted by molar-refractivity contribution is -0.138. The van der Waals surface area contributed by atoms with Crippen LogP contribution in [0.5, 0.6) is 0 Å². The molecular weight excluding hydrogens is 278 g/mol. The van der Waals surface area contributed by atoms with Crippen LogP contribution in [0.2, 0.25) is 0 Å². The summed E-state index contributed by atoms with van der Waals surface area (Å²) in [6, 6.07) is 0.850. The molecule has 2 amide bonds. The molecule has 2 heterocycles. The van der Waals surface area contributed by atoms with E-state index in [0.717, 1.165) is 50.6 Å². The van der Waals surface area contributed by atoms with Gasteiger partial charge in [0.15, 0.2) is 0 Å². The van der Waals surface area contributed by atoms with Gasteiger partial charge >= 0.3 is 0 Å². The van der Waals surface area contributed by atoms with Crippen LogP contribution in [0, 0.1) is 11.8 Å². The number of piperazine rings is 1. The van der Waals surface area contributed by atoms with Crippen molar-refractivity contribution in [3.63, 3.8) is 0 Å². The zero-order valence-electron chi connectivity index (χ0n) is 13.4. The van der Waals surface area contributed by atoms with Crippen molar-refractivity contribution in [2.75, 3.05) is 39.3 Å². The number of imide groups is 1. The van der Waals surface area contributed by atoms with E-state index in [9.17, 15) is 9.59 Å². The third-order valence-electron chi connectivity index (χ3n) is 6.37. The van der Waals surface area contributed by atoms with Gasteiger partial charge in [0.25, 0.3) is 0 Å². The number of carbonyl (C=O) groups is 2. The molecule has 0 spiro atoms. The Labute approximate surface area is 132 Å². The molecular formula is C17H27N3O2. The summed E-state index contributed by atoms with van der Waals surface area (Å²) in [5, 5.41) is 0. The van der Waals surface area contributed by atoms with Crippen LogP contribution in [0.3, 0.4) is 0 Å². The molecule has 4 aliphatic rings. The predicted octanol–water partition coefficient (Wildman–Crippen LogP) is 0.942. The van der Waals surface area contributed by atoms with Gasteiger partial charge in [0, 0.05) is 58.2 Å². The Hall–Kier alpha value is -0.940. The number of hydrogen-bond acceptors (Lipinski definition) is 4. The molecule has 3 atom stereocenters. The first kappa shape index (κ1) is 14.6. The summed E-state index contributed by atoms with van der Waals surface area (Å²) in [7, 11) is 0. The molecule has 122 valence electrons. The lowest BCUT2D eigenvalue weighted by atomic mass is 9.93. The largest absolute Gasteiger partial charge is 0.299 e. The maximum atomic E-state index is 11.6. The van der Waals surface area contributed by atoms with Gasteiger partial charge in [-0.2, -0.15) is 0 Å². The summed E-state index contributed by atoms with van der Waals surface area (Å²) in [4.78, 5) is 29.9. The SMILES string of the molecule is O=C1CCC(=O)N1CCN1CCN([C@@H]2C[C@H]3CC[C@H]2C3)CC1. The summed E-state index contributed by atoms with van der Waals surface area (Å²) in [5.74, 6) is 2.02. The molecule has 0 unspecified atom stereocenters. The lowest BCUT2D eigenvalue weighted by Gasteiger charge is -2.41. The van der Waals surface area contributed by atoms with E-state index in [0.29, 0.717) is 19.4 Å². The van der Waals surface area contributed by atoms with Crippen molar-refractivity contribution >= 4 is 11.8 Å². The Balaban J connectivity index is 1.22. The van der Waals surface area contributed by atoms with E-state index in [1.807, 2.05) is 0 Å². The number of likely N-dealkylation sites (tertiary alicyclic amines) is 1. The van der Waals surface area contributed by atoms with Crippen LogP contribution < -0.4 is 0 Å². The van der Waals surface area contributed by atoms with Crippen LogP contribution in [-0.2, 0) is 9.59 Å². The van der Waals surface area contributed by atoms with Gasteiger partial charge in [-0.05, 0) is 31.1 Å². The highest BCUT2D eigenvalue weighted by Gasteiger charge is 2.42. The molecule has 4 rings (SSSR count). The highest BCUT2D eigenvalue weighted by molar-refractivity contribution is 6.01. The van der Waals surface area contributed by atoms with E-state index in [-0.39, 0.29) is 11.8 Å². The van der Waals surface area contributed by atoms with Gasteiger partial charge in [-0.15, -0.1) is 0 Å². The Morgan fingerprint density at radius 3 is 2.18 bits per heavy atom. The van der Waals surface area contributed by atoms with E-state index in [1.165, 1.54) is 30.6 Å². The number of carbonyl (C=O) groups excluding carboxylic acids is 2. The minimum absolute atomic E-state index is 0.0191. The highest BCUT2D eigenvalue weighted by atomic mass is 16.2. The second-order valence-electron chi connectivity index (χ2n) is 7.56. The quantitative estimate of drug-likeness (QED) is 0.725. The summed E-state index contributed by atoms with van der Waals surface area (Å²) in [6.07, 6.45) is 6.66. The summed E-state index contributed by atoms with van der Waals surface area (Å²) < 4.78 is 0. The van der Waals surface area contributed by atoms with Gasteiger partial charge in [0.05, 0.1) is 0 Å². The third-order valence-corrected chi connectivity index (χ3v) is 6.37. The van der Waals surface area contributed by atoms with Crippen molar-refractivity contribution in [3.8, 4) is 0 Å². The van der Waals surface area contributed by atoms with Crippen molar-refractivity contribution < 1.29 is 9.59 Å². The molecule has 0 N–H and O–H groups in total. The molecule has 0 aromatic heterocycles. The van der Waals surface area contributed by atoms with Gasteiger partial charge in [-0.25, -0.2) is 0 Å². The predicted molar refractivity (Wildman–Crippen MR) is 83.2 cm³/mol. The van der Waals surface area contributed by atoms with E-state index in [4.69, 9.17) is 0 Å². The molecule has 4 fully saturated rings. The molecule has 0 aromatic rings. The first-order chi connectivity index (χ1) is 10.7. The number of nitrogens with zero attached hydrogens (tertiary/aromatic N) is 3. The van der Waals surface area contributed by atoms with Crippen LogP contribution in [0.1, 0.15) is 38.5 Å². The maximum Gasteiger partial charge on any atom is 0.229 e. The highest BCUT2D eigenvalue weighted by Crippen LogP contribution is 2.46. The Bertz CT molecular complexity index is 443. The molecule has 2 saturated carbocycles. The molecule has 5 nitrogen and oxygen atoms in total. The second-order valence-corrected chi connectivity index (χ2v) is 7.56. The van der Waals surface area contributed by atoms with Crippen molar-refractivity contribution in [1.82, 2.24) is 14.7 Å². The summed E-state index contributed by atoms with van der Waals surface area (Å²) in [6.45, 7) is 5.94. The average molecular weight is 305 g/mol. The summed E-state index contributed by atoms with van der Waals surface area (Å²) in [5.41, 5.74) is 0. The number of rotatable bonds is 4. The maximum absolute atomic E-state index is 11.6. The van der Waals surface area contributed by atoms with Crippen molar-refractivity contribution in [3.05, 3.63) is 0 Å². The van der Waals surface area contributed by atoms with Gasteiger partial charge in [-0.1, -0.05) is 6.42 Å². The Kier molecular flexibility index (Phi) is 3.95. The van der Waals surface area contributed by atoms with Crippen LogP contribution >= 0.6 is 0 Å². The van der Waals surface area contributed by atoms with Crippen LogP contribution in [0.15, 0.2) is 0 Å². The average Bonchev–Trinajstić information content (AvgIpc) is 3.23. The first-order valence-electron chi connectivity index (χ1n) is 9.00. The molecule has 2 aliphatic heterocycles. The number of amides is 2. The number of fused-ring (bicyclic) bond motifs is 2. The van der Waals surface area contributed by atoms with Gasteiger partial charge in [-0.3, -0.25) is 24.3 Å². The zero-order valence-corrected chi connectivity index (χ0v) is 13.4. The van der Waals surface area contributed by atoms with Crippen LogP contribution in [0.4, 0.5) is 0 Å². The van der Waals surface area contributed by atoms with Crippen molar-refractivity contribution in [2.45, 2.75) is 44.6 Å². The van der Waals surface area contributed by atoms with Gasteiger partial charge in [0.1, 0.15) is 0 Å². The smallest absolute Gasteiger partial charge is 0.229 e.